The molecule has 0 saturated heterocycles. The predicted molar refractivity (Wildman–Crippen MR) is 97.6 cm³/mol. The maximum Gasteiger partial charge on any atom is 0.259 e. The third-order valence-corrected chi connectivity index (χ3v) is 4.34. The Kier molecular flexibility index (Phi) is 4.12. The van der Waals surface area contributed by atoms with E-state index in [0.717, 1.165) is 23.4 Å². The SMILES string of the molecule is O=C(c1cncc(NCc2cccnc2)c1)N1CCc2ccccc21. The van der Waals surface area contributed by atoms with Gasteiger partial charge in [0.1, 0.15) is 0 Å². The number of amides is 1. The van der Waals surface area contributed by atoms with Crippen molar-refractivity contribution < 1.29 is 4.79 Å². The van der Waals surface area contributed by atoms with Crippen LogP contribution in [-0.2, 0) is 13.0 Å². The topological polar surface area (TPSA) is 58.1 Å². The van der Waals surface area contributed by atoms with E-state index in [1.165, 1.54) is 5.56 Å². The molecule has 0 fully saturated rings. The molecule has 0 radical (unpaired) electrons. The zero-order valence-corrected chi connectivity index (χ0v) is 13.7. The molecule has 1 amide bonds. The van der Waals surface area contributed by atoms with Gasteiger partial charge in [0.05, 0.1) is 11.3 Å². The normalized spacial score (nSPS) is 12.7. The Balaban J connectivity index is 1.51. The monoisotopic (exact) mass is 330 g/mol. The molecule has 0 bridgehead atoms. The van der Waals surface area contributed by atoms with Gasteiger partial charge in [-0.2, -0.15) is 0 Å². The van der Waals surface area contributed by atoms with Crippen molar-refractivity contribution in [2.45, 2.75) is 13.0 Å². The Bertz CT molecular complexity index is 895. The van der Waals surface area contributed by atoms with E-state index in [1.807, 2.05) is 47.5 Å². The molecule has 5 nitrogen and oxygen atoms in total. The number of benzene rings is 1. The fraction of sp³-hybridized carbons (Fsp3) is 0.150. The highest BCUT2D eigenvalue weighted by atomic mass is 16.2. The minimum absolute atomic E-state index is 0.0116. The molecule has 1 aromatic carbocycles. The second-order valence-electron chi connectivity index (χ2n) is 6.01. The van der Waals surface area contributed by atoms with Crippen LogP contribution in [0.1, 0.15) is 21.5 Å². The molecule has 0 spiro atoms. The van der Waals surface area contributed by atoms with Crippen LogP contribution in [0.4, 0.5) is 11.4 Å². The Morgan fingerprint density at radius 3 is 2.88 bits per heavy atom. The molecule has 0 atom stereocenters. The van der Waals surface area contributed by atoms with Crippen LogP contribution >= 0.6 is 0 Å². The summed E-state index contributed by atoms with van der Waals surface area (Å²) >= 11 is 0. The van der Waals surface area contributed by atoms with E-state index in [9.17, 15) is 4.79 Å². The van der Waals surface area contributed by atoms with Gasteiger partial charge in [-0.15, -0.1) is 0 Å². The van der Waals surface area contributed by atoms with Crippen LogP contribution in [-0.4, -0.2) is 22.4 Å². The lowest BCUT2D eigenvalue weighted by molar-refractivity contribution is 0.0989. The number of nitrogens with zero attached hydrogens (tertiary/aromatic N) is 3. The van der Waals surface area contributed by atoms with Crippen LogP contribution in [0, 0.1) is 0 Å². The molecule has 0 unspecified atom stereocenters. The van der Waals surface area contributed by atoms with Gasteiger partial charge in [-0.1, -0.05) is 24.3 Å². The number of hydrogen-bond donors (Lipinski definition) is 1. The van der Waals surface area contributed by atoms with Crippen LogP contribution in [0.2, 0.25) is 0 Å². The summed E-state index contributed by atoms with van der Waals surface area (Å²) < 4.78 is 0. The number of para-hydroxylation sites is 1. The third kappa shape index (κ3) is 3.21. The van der Waals surface area contributed by atoms with E-state index >= 15 is 0 Å². The number of pyridine rings is 2. The van der Waals surface area contributed by atoms with Crippen molar-refractivity contribution in [2.75, 3.05) is 16.8 Å². The molecular formula is C20H18N4O. The first kappa shape index (κ1) is 15.3. The average molecular weight is 330 g/mol. The number of nitrogens with one attached hydrogen (secondary N) is 1. The number of hydrogen-bond acceptors (Lipinski definition) is 4. The van der Waals surface area contributed by atoms with Crippen molar-refractivity contribution in [3.05, 3.63) is 83.9 Å². The van der Waals surface area contributed by atoms with Gasteiger partial charge >= 0.3 is 0 Å². The molecule has 1 aliphatic heterocycles. The highest BCUT2D eigenvalue weighted by Gasteiger charge is 2.25. The molecule has 0 saturated carbocycles. The van der Waals surface area contributed by atoms with E-state index in [1.54, 1.807) is 18.6 Å². The molecule has 2 aromatic heterocycles. The van der Waals surface area contributed by atoms with Crippen LogP contribution in [0.15, 0.2) is 67.3 Å². The molecule has 5 heteroatoms. The Hall–Kier alpha value is -3.21. The number of carbonyl (C=O) groups is 1. The van der Waals surface area contributed by atoms with Crippen LogP contribution in [0.3, 0.4) is 0 Å². The number of aromatic nitrogens is 2. The lowest BCUT2D eigenvalue weighted by Crippen LogP contribution is -2.29. The van der Waals surface area contributed by atoms with Crippen molar-refractivity contribution >= 4 is 17.3 Å². The zero-order valence-electron chi connectivity index (χ0n) is 13.7. The molecule has 25 heavy (non-hydrogen) atoms. The minimum Gasteiger partial charge on any atom is -0.380 e. The van der Waals surface area contributed by atoms with E-state index in [4.69, 9.17) is 0 Å². The van der Waals surface area contributed by atoms with Crippen molar-refractivity contribution in [1.29, 1.82) is 0 Å². The van der Waals surface area contributed by atoms with Gasteiger partial charge in [0.25, 0.3) is 5.91 Å². The lowest BCUT2D eigenvalue weighted by atomic mass is 10.2. The molecule has 1 aliphatic rings. The molecule has 1 N–H and O–H groups in total. The first-order valence-corrected chi connectivity index (χ1v) is 8.29. The fourth-order valence-corrected chi connectivity index (χ4v) is 3.07. The maximum atomic E-state index is 12.9. The van der Waals surface area contributed by atoms with Gasteiger partial charge in [0.15, 0.2) is 0 Å². The first-order valence-electron chi connectivity index (χ1n) is 8.29. The number of rotatable bonds is 4. The fourth-order valence-electron chi connectivity index (χ4n) is 3.07. The third-order valence-electron chi connectivity index (χ3n) is 4.34. The van der Waals surface area contributed by atoms with Gasteiger partial charge < -0.3 is 10.2 Å². The van der Waals surface area contributed by atoms with Gasteiger partial charge in [-0.25, -0.2) is 0 Å². The van der Waals surface area contributed by atoms with Crippen molar-refractivity contribution in [2.24, 2.45) is 0 Å². The number of fused-ring (bicyclic) bond motifs is 1. The van der Waals surface area contributed by atoms with Gasteiger partial charge in [-0.05, 0) is 35.7 Å². The van der Waals surface area contributed by atoms with E-state index in [0.29, 0.717) is 18.7 Å². The quantitative estimate of drug-likeness (QED) is 0.797. The molecule has 3 aromatic rings. The van der Waals surface area contributed by atoms with Gasteiger partial charge in [0.2, 0.25) is 0 Å². The van der Waals surface area contributed by atoms with Crippen molar-refractivity contribution in [3.8, 4) is 0 Å². The highest BCUT2D eigenvalue weighted by Crippen LogP contribution is 2.29. The average Bonchev–Trinajstić information content (AvgIpc) is 3.11. The number of anilines is 2. The lowest BCUT2D eigenvalue weighted by Gasteiger charge is -2.17. The summed E-state index contributed by atoms with van der Waals surface area (Å²) in [5.41, 5.74) is 4.71. The maximum absolute atomic E-state index is 12.9. The standard InChI is InChI=1S/C20H18N4O/c25-20(24-9-7-16-5-1-2-6-19(16)24)17-10-18(14-22-13-17)23-12-15-4-3-8-21-11-15/h1-6,8,10-11,13-14,23H,7,9,12H2. The summed E-state index contributed by atoms with van der Waals surface area (Å²) in [5, 5.41) is 3.29. The molecule has 3 heterocycles. The summed E-state index contributed by atoms with van der Waals surface area (Å²) in [5.74, 6) is -0.0116. The second kappa shape index (κ2) is 6.73. The Morgan fingerprint density at radius 2 is 2.00 bits per heavy atom. The summed E-state index contributed by atoms with van der Waals surface area (Å²) in [6, 6.07) is 13.8. The molecular weight excluding hydrogens is 312 g/mol. The summed E-state index contributed by atoms with van der Waals surface area (Å²) in [6.45, 7) is 1.35. The van der Waals surface area contributed by atoms with Crippen LogP contribution in [0.25, 0.3) is 0 Å². The van der Waals surface area contributed by atoms with Crippen molar-refractivity contribution in [3.63, 3.8) is 0 Å². The summed E-state index contributed by atoms with van der Waals surface area (Å²) in [7, 11) is 0. The Labute approximate surface area is 146 Å². The second-order valence-corrected chi connectivity index (χ2v) is 6.01. The smallest absolute Gasteiger partial charge is 0.259 e. The summed E-state index contributed by atoms with van der Waals surface area (Å²) in [6.07, 6.45) is 7.81. The van der Waals surface area contributed by atoms with Crippen molar-refractivity contribution in [1.82, 2.24) is 9.97 Å². The number of carbonyl (C=O) groups excluding carboxylic acids is 1. The minimum atomic E-state index is -0.0116. The Morgan fingerprint density at radius 1 is 1.08 bits per heavy atom. The molecule has 0 aliphatic carbocycles. The highest BCUT2D eigenvalue weighted by molar-refractivity contribution is 6.07. The molecule has 4 rings (SSSR count). The van der Waals surface area contributed by atoms with Gasteiger partial charge in [0, 0.05) is 43.6 Å². The van der Waals surface area contributed by atoms with Gasteiger partial charge in [-0.3, -0.25) is 14.8 Å². The van der Waals surface area contributed by atoms with Crippen LogP contribution < -0.4 is 10.2 Å². The molecule has 124 valence electrons. The van der Waals surface area contributed by atoms with E-state index < -0.39 is 0 Å². The predicted octanol–water partition coefficient (Wildman–Crippen LogP) is 3.29. The van der Waals surface area contributed by atoms with Crippen LogP contribution in [0.5, 0.6) is 0 Å². The largest absolute Gasteiger partial charge is 0.380 e. The van der Waals surface area contributed by atoms with E-state index in [2.05, 4.69) is 21.4 Å². The summed E-state index contributed by atoms with van der Waals surface area (Å²) in [4.78, 5) is 23.0. The van der Waals surface area contributed by atoms with E-state index in [-0.39, 0.29) is 5.91 Å². The zero-order chi connectivity index (χ0) is 17.1. The first-order chi connectivity index (χ1) is 12.3.